The first-order valence-corrected chi connectivity index (χ1v) is 4.33. The third-order valence-electron chi connectivity index (χ3n) is 2.38. The number of aromatic nitrogens is 2. The molecule has 0 spiro atoms. The fourth-order valence-corrected chi connectivity index (χ4v) is 1.70. The number of nitrogens with two attached hydrogens (primary N) is 1. The van der Waals surface area contributed by atoms with Crippen molar-refractivity contribution >= 4 is 0 Å². The molecule has 1 saturated heterocycles. The van der Waals surface area contributed by atoms with E-state index in [-0.39, 0.29) is 0 Å². The van der Waals surface area contributed by atoms with Gasteiger partial charge in [-0.05, 0) is 13.0 Å². The maximum atomic E-state index is 5.58. The van der Waals surface area contributed by atoms with E-state index in [2.05, 4.69) is 14.9 Å². The van der Waals surface area contributed by atoms with Crippen molar-refractivity contribution in [2.24, 2.45) is 5.73 Å². The molecule has 1 aliphatic rings. The molecule has 2 rings (SSSR count). The lowest BCUT2D eigenvalue weighted by Gasteiger charge is -2.12. The Morgan fingerprint density at radius 2 is 2.67 bits per heavy atom. The summed E-state index contributed by atoms with van der Waals surface area (Å²) in [4.78, 5) is 4.09. The molecule has 4 nitrogen and oxygen atoms in total. The van der Waals surface area contributed by atoms with Crippen LogP contribution in [-0.4, -0.2) is 22.6 Å². The second-order valence-corrected chi connectivity index (χ2v) is 3.14. The Labute approximate surface area is 71.8 Å². The molecule has 1 atom stereocenters. The van der Waals surface area contributed by atoms with Crippen LogP contribution in [0, 0.1) is 0 Å². The third-order valence-corrected chi connectivity index (χ3v) is 2.38. The van der Waals surface area contributed by atoms with Gasteiger partial charge in [0.1, 0.15) is 0 Å². The van der Waals surface area contributed by atoms with Crippen molar-refractivity contribution in [3.8, 4) is 0 Å². The average Bonchev–Trinajstić information content (AvgIpc) is 2.74. The maximum Gasteiger partial charge on any atom is 0.0951 e. The Morgan fingerprint density at radius 3 is 3.33 bits per heavy atom. The summed E-state index contributed by atoms with van der Waals surface area (Å²) in [7, 11) is 0. The molecule has 66 valence electrons. The molecule has 1 fully saturated rings. The lowest BCUT2D eigenvalue weighted by Crippen LogP contribution is -2.16. The van der Waals surface area contributed by atoms with Crippen molar-refractivity contribution in [1.82, 2.24) is 14.9 Å². The smallest absolute Gasteiger partial charge is 0.0951 e. The molecular formula is C8H14N4. The highest BCUT2D eigenvalue weighted by Gasteiger charge is 2.17. The van der Waals surface area contributed by atoms with Crippen LogP contribution in [0.3, 0.4) is 0 Å². The van der Waals surface area contributed by atoms with Gasteiger partial charge in [0, 0.05) is 25.3 Å². The third kappa shape index (κ3) is 1.23. The van der Waals surface area contributed by atoms with Gasteiger partial charge in [-0.3, -0.25) is 0 Å². The van der Waals surface area contributed by atoms with Crippen LogP contribution >= 0.6 is 0 Å². The zero-order chi connectivity index (χ0) is 8.39. The lowest BCUT2D eigenvalue weighted by atomic mass is 10.2. The van der Waals surface area contributed by atoms with Gasteiger partial charge in [0.25, 0.3) is 0 Å². The minimum Gasteiger partial charge on any atom is -0.329 e. The number of hydrogen-bond donors (Lipinski definition) is 2. The zero-order valence-electron chi connectivity index (χ0n) is 7.03. The molecule has 0 radical (unpaired) electrons. The number of hydrogen-bond acceptors (Lipinski definition) is 3. The van der Waals surface area contributed by atoms with Gasteiger partial charge in [0.2, 0.25) is 0 Å². The minimum absolute atomic E-state index is 0.561. The van der Waals surface area contributed by atoms with Crippen molar-refractivity contribution in [1.29, 1.82) is 0 Å². The van der Waals surface area contributed by atoms with E-state index in [1.807, 2.05) is 12.5 Å². The van der Waals surface area contributed by atoms with E-state index >= 15 is 0 Å². The Balaban J connectivity index is 2.19. The molecule has 3 N–H and O–H groups in total. The molecule has 0 bridgehead atoms. The Morgan fingerprint density at radius 1 is 1.75 bits per heavy atom. The van der Waals surface area contributed by atoms with E-state index < -0.39 is 0 Å². The van der Waals surface area contributed by atoms with Crippen LogP contribution in [0.4, 0.5) is 0 Å². The predicted octanol–water partition coefficient (Wildman–Crippen LogP) is -0.124. The molecule has 1 aliphatic heterocycles. The molecule has 0 amide bonds. The van der Waals surface area contributed by atoms with Crippen LogP contribution in [0.15, 0.2) is 12.5 Å². The van der Waals surface area contributed by atoms with Crippen LogP contribution in [0.2, 0.25) is 0 Å². The van der Waals surface area contributed by atoms with Gasteiger partial charge < -0.3 is 15.6 Å². The standard InChI is InChI=1S/C8H14N4/c9-3-8-5-11-6-12(8)7-1-2-10-4-7/h5-7,10H,1-4,9H2. The molecular weight excluding hydrogens is 152 g/mol. The predicted molar refractivity (Wildman–Crippen MR) is 46.6 cm³/mol. The van der Waals surface area contributed by atoms with Crippen molar-refractivity contribution in [3.63, 3.8) is 0 Å². The van der Waals surface area contributed by atoms with Crippen LogP contribution in [-0.2, 0) is 6.54 Å². The van der Waals surface area contributed by atoms with Crippen LogP contribution in [0.25, 0.3) is 0 Å². The molecule has 1 aromatic rings. The summed E-state index contributed by atoms with van der Waals surface area (Å²) >= 11 is 0. The van der Waals surface area contributed by atoms with Gasteiger partial charge >= 0.3 is 0 Å². The monoisotopic (exact) mass is 166 g/mol. The second kappa shape index (κ2) is 3.25. The number of imidazole rings is 1. The van der Waals surface area contributed by atoms with Crippen molar-refractivity contribution < 1.29 is 0 Å². The molecule has 1 aromatic heterocycles. The van der Waals surface area contributed by atoms with Crippen LogP contribution in [0.1, 0.15) is 18.2 Å². The zero-order valence-corrected chi connectivity index (χ0v) is 7.03. The maximum absolute atomic E-state index is 5.58. The van der Waals surface area contributed by atoms with Gasteiger partial charge in [-0.15, -0.1) is 0 Å². The summed E-state index contributed by atoms with van der Waals surface area (Å²) in [5.74, 6) is 0. The van der Waals surface area contributed by atoms with Crippen molar-refractivity contribution in [3.05, 3.63) is 18.2 Å². The largest absolute Gasteiger partial charge is 0.329 e. The molecule has 0 aliphatic carbocycles. The van der Waals surface area contributed by atoms with Crippen molar-refractivity contribution in [2.45, 2.75) is 19.0 Å². The van der Waals surface area contributed by atoms with Gasteiger partial charge in [0.05, 0.1) is 12.0 Å². The summed E-state index contributed by atoms with van der Waals surface area (Å²) in [5, 5.41) is 3.32. The number of nitrogens with zero attached hydrogens (tertiary/aromatic N) is 2. The molecule has 0 saturated carbocycles. The average molecular weight is 166 g/mol. The van der Waals surface area contributed by atoms with Gasteiger partial charge in [0.15, 0.2) is 0 Å². The Hall–Kier alpha value is -0.870. The molecule has 12 heavy (non-hydrogen) atoms. The van der Waals surface area contributed by atoms with Crippen molar-refractivity contribution in [2.75, 3.05) is 13.1 Å². The summed E-state index contributed by atoms with van der Waals surface area (Å²) in [6.45, 7) is 2.73. The molecule has 1 unspecified atom stereocenters. The van der Waals surface area contributed by atoms with E-state index in [1.54, 1.807) is 0 Å². The second-order valence-electron chi connectivity index (χ2n) is 3.14. The first-order chi connectivity index (χ1) is 5.92. The van der Waals surface area contributed by atoms with E-state index in [0.29, 0.717) is 12.6 Å². The highest BCUT2D eigenvalue weighted by atomic mass is 15.1. The Kier molecular flexibility index (Phi) is 2.10. The van der Waals surface area contributed by atoms with Gasteiger partial charge in [-0.2, -0.15) is 0 Å². The van der Waals surface area contributed by atoms with E-state index in [1.165, 1.54) is 6.42 Å². The molecule has 2 heterocycles. The van der Waals surface area contributed by atoms with E-state index in [0.717, 1.165) is 18.8 Å². The Bertz CT molecular complexity index is 249. The summed E-state index contributed by atoms with van der Waals surface area (Å²) < 4.78 is 2.18. The quantitative estimate of drug-likeness (QED) is 0.644. The lowest BCUT2D eigenvalue weighted by molar-refractivity contribution is 0.527. The first kappa shape index (κ1) is 7.76. The number of nitrogens with one attached hydrogen (secondary N) is 1. The molecule has 4 heteroatoms. The first-order valence-electron chi connectivity index (χ1n) is 4.33. The fourth-order valence-electron chi connectivity index (χ4n) is 1.70. The van der Waals surface area contributed by atoms with Gasteiger partial charge in [-0.1, -0.05) is 0 Å². The normalized spacial score (nSPS) is 23.2. The topological polar surface area (TPSA) is 55.9 Å². The molecule has 0 aromatic carbocycles. The summed E-state index contributed by atoms with van der Waals surface area (Å²) in [6.07, 6.45) is 4.90. The number of rotatable bonds is 2. The summed E-state index contributed by atoms with van der Waals surface area (Å²) in [6, 6.07) is 0.561. The van der Waals surface area contributed by atoms with Crippen LogP contribution in [0.5, 0.6) is 0 Å². The van der Waals surface area contributed by atoms with Gasteiger partial charge in [-0.25, -0.2) is 4.98 Å². The highest BCUT2D eigenvalue weighted by molar-refractivity contribution is 5.00. The highest BCUT2D eigenvalue weighted by Crippen LogP contribution is 2.16. The fraction of sp³-hybridized carbons (Fsp3) is 0.625. The van der Waals surface area contributed by atoms with E-state index in [4.69, 9.17) is 5.73 Å². The van der Waals surface area contributed by atoms with E-state index in [9.17, 15) is 0 Å². The minimum atomic E-state index is 0.561. The van der Waals surface area contributed by atoms with Crippen LogP contribution < -0.4 is 11.1 Å². The SMILES string of the molecule is NCc1cncn1C1CCNC1. The summed E-state index contributed by atoms with van der Waals surface area (Å²) in [5.41, 5.74) is 6.71.